The van der Waals surface area contributed by atoms with E-state index in [4.69, 9.17) is 4.74 Å². The van der Waals surface area contributed by atoms with Crippen LogP contribution in [0.25, 0.3) is 20.5 Å². The van der Waals surface area contributed by atoms with Crippen molar-refractivity contribution in [2.75, 3.05) is 55.6 Å². The number of aromatic hydroxyl groups is 1. The topological polar surface area (TPSA) is 146 Å². The van der Waals surface area contributed by atoms with Crippen molar-refractivity contribution in [3.8, 4) is 27.7 Å². The van der Waals surface area contributed by atoms with Crippen molar-refractivity contribution in [3.05, 3.63) is 96.1 Å². The van der Waals surface area contributed by atoms with Crippen molar-refractivity contribution in [1.82, 2.24) is 15.1 Å². The molecule has 292 valence electrons. The molecule has 57 heavy (non-hydrogen) atoms. The van der Waals surface area contributed by atoms with Gasteiger partial charge in [-0.25, -0.2) is 0 Å². The molecule has 1 aromatic heterocycles. The number of nitrogens with one attached hydrogen (secondary N) is 1. The van der Waals surface area contributed by atoms with Gasteiger partial charge in [0.2, 0.25) is 11.8 Å². The molecule has 0 bridgehead atoms. The number of piperazine rings is 1. The standard InChI is InChI=1S/C43H44BN5O7S/c50-33-8-12-36-38(24-33)57-41(28-1-3-30(4-2-28)44(54)55)40(36)56-34-9-5-31(6-10-34)47-17-15-27(16-18-47)25-46-19-21-48(22-20-46)32-7-11-35-29(23-32)26-49(43(35)53)37-13-14-39(51)45-42(37)52/h1-12,23-24,27,37,50,54-55H,13-22,25-26H2,(H,45,51,52). The number of fused-ring (bicyclic) bond motifs is 2. The average Bonchev–Trinajstić information content (AvgIpc) is 3.74. The van der Waals surface area contributed by atoms with Crippen LogP contribution in [-0.4, -0.2) is 102 Å². The highest BCUT2D eigenvalue weighted by Crippen LogP contribution is 2.47. The van der Waals surface area contributed by atoms with E-state index in [1.165, 1.54) is 17.0 Å². The number of rotatable bonds is 9. The third-order valence-electron chi connectivity index (χ3n) is 11.9. The summed E-state index contributed by atoms with van der Waals surface area (Å²) < 4.78 is 7.43. The molecule has 1 atom stereocenters. The van der Waals surface area contributed by atoms with Crippen molar-refractivity contribution in [1.29, 1.82) is 0 Å². The lowest BCUT2D eigenvalue weighted by molar-refractivity contribution is -0.136. The maximum atomic E-state index is 13.1. The van der Waals surface area contributed by atoms with E-state index in [1.54, 1.807) is 29.2 Å². The fourth-order valence-electron chi connectivity index (χ4n) is 8.69. The van der Waals surface area contributed by atoms with Gasteiger partial charge in [-0.05, 0) is 102 Å². The van der Waals surface area contributed by atoms with Gasteiger partial charge in [-0.2, -0.15) is 0 Å². The molecule has 5 aromatic rings. The summed E-state index contributed by atoms with van der Waals surface area (Å²) in [6, 6.07) is 26.0. The van der Waals surface area contributed by atoms with E-state index in [1.807, 2.05) is 42.5 Å². The lowest BCUT2D eigenvalue weighted by Gasteiger charge is -2.40. The van der Waals surface area contributed by atoms with Gasteiger partial charge in [0.05, 0.1) is 4.88 Å². The lowest BCUT2D eigenvalue weighted by Crippen LogP contribution is -2.52. The number of carbonyl (C=O) groups excluding carboxylic acids is 3. The van der Waals surface area contributed by atoms with Gasteiger partial charge in [-0.15, -0.1) is 11.3 Å². The molecule has 4 aliphatic rings. The predicted molar refractivity (Wildman–Crippen MR) is 221 cm³/mol. The van der Waals surface area contributed by atoms with E-state index in [9.17, 15) is 29.5 Å². The molecule has 1 unspecified atom stereocenters. The molecular weight excluding hydrogens is 741 g/mol. The van der Waals surface area contributed by atoms with Crippen LogP contribution >= 0.6 is 11.3 Å². The van der Waals surface area contributed by atoms with E-state index in [0.29, 0.717) is 41.4 Å². The Morgan fingerprint density at radius 1 is 0.789 bits per heavy atom. The van der Waals surface area contributed by atoms with E-state index >= 15 is 0 Å². The van der Waals surface area contributed by atoms with Gasteiger partial charge in [0, 0.05) is 85.8 Å². The van der Waals surface area contributed by atoms with Gasteiger partial charge in [-0.3, -0.25) is 24.6 Å². The second-order valence-corrected chi connectivity index (χ2v) is 16.5. The number of phenols is 1. The maximum Gasteiger partial charge on any atom is 0.488 e. The molecule has 4 aliphatic heterocycles. The summed E-state index contributed by atoms with van der Waals surface area (Å²) in [7, 11) is -1.54. The van der Waals surface area contributed by atoms with Crippen LogP contribution in [0, 0.1) is 5.92 Å². The molecule has 9 rings (SSSR count). The molecule has 3 amide bonds. The largest absolute Gasteiger partial charge is 0.508 e. The number of hydrogen-bond acceptors (Lipinski definition) is 11. The number of thiophene rings is 1. The first kappa shape index (κ1) is 37.2. The summed E-state index contributed by atoms with van der Waals surface area (Å²) in [5.41, 5.74) is 5.16. The molecule has 0 saturated carbocycles. The van der Waals surface area contributed by atoms with Crippen LogP contribution in [-0.2, 0) is 16.1 Å². The number of nitrogens with zero attached hydrogens (tertiary/aromatic N) is 4. The summed E-state index contributed by atoms with van der Waals surface area (Å²) in [4.78, 5) is 47.1. The summed E-state index contributed by atoms with van der Waals surface area (Å²) in [6.45, 7) is 7.28. The van der Waals surface area contributed by atoms with Crippen LogP contribution in [0.2, 0.25) is 0 Å². The van der Waals surface area contributed by atoms with Crippen molar-refractivity contribution >= 4 is 63.1 Å². The Morgan fingerprint density at radius 2 is 1.51 bits per heavy atom. The van der Waals surface area contributed by atoms with Crippen LogP contribution in [0.15, 0.2) is 84.9 Å². The van der Waals surface area contributed by atoms with E-state index in [-0.39, 0.29) is 29.9 Å². The number of benzene rings is 4. The summed E-state index contributed by atoms with van der Waals surface area (Å²) in [5, 5.41) is 32.5. The highest BCUT2D eigenvalue weighted by atomic mass is 32.1. The predicted octanol–water partition coefficient (Wildman–Crippen LogP) is 4.55. The third-order valence-corrected chi connectivity index (χ3v) is 13.1. The smallest absolute Gasteiger partial charge is 0.488 e. The van der Waals surface area contributed by atoms with E-state index in [2.05, 4.69) is 38.2 Å². The van der Waals surface area contributed by atoms with Gasteiger partial charge in [0.15, 0.2) is 5.75 Å². The van der Waals surface area contributed by atoms with Crippen molar-refractivity contribution < 1.29 is 34.3 Å². The Morgan fingerprint density at radius 3 is 2.23 bits per heavy atom. The zero-order chi connectivity index (χ0) is 39.2. The first-order valence-electron chi connectivity index (χ1n) is 19.7. The van der Waals surface area contributed by atoms with E-state index < -0.39 is 13.2 Å². The van der Waals surface area contributed by atoms with Crippen LogP contribution in [0.3, 0.4) is 0 Å². The second-order valence-electron chi connectivity index (χ2n) is 15.5. The van der Waals surface area contributed by atoms with Crippen molar-refractivity contribution in [2.24, 2.45) is 5.92 Å². The summed E-state index contributed by atoms with van der Waals surface area (Å²) >= 11 is 1.52. The van der Waals surface area contributed by atoms with Crippen LogP contribution in [0.5, 0.6) is 17.2 Å². The highest BCUT2D eigenvalue weighted by molar-refractivity contribution is 7.22. The van der Waals surface area contributed by atoms with Gasteiger partial charge in [-0.1, -0.05) is 24.3 Å². The van der Waals surface area contributed by atoms with Gasteiger partial charge in [0.1, 0.15) is 17.5 Å². The number of carbonyl (C=O) groups is 3. The Balaban J connectivity index is 0.772. The van der Waals surface area contributed by atoms with Crippen molar-refractivity contribution in [2.45, 2.75) is 38.3 Å². The van der Waals surface area contributed by atoms with Gasteiger partial charge in [0.25, 0.3) is 5.91 Å². The Hall–Kier alpha value is -5.41. The highest BCUT2D eigenvalue weighted by Gasteiger charge is 2.39. The molecule has 0 aliphatic carbocycles. The molecule has 3 fully saturated rings. The molecule has 0 radical (unpaired) electrons. The molecule has 3 saturated heterocycles. The van der Waals surface area contributed by atoms with Gasteiger partial charge < -0.3 is 34.6 Å². The quantitative estimate of drug-likeness (QED) is 0.124. The minimum atomic E-state index is -1.54. The number of piperidine rings is 2. The normalized spacial score (nSPS) is 19.3. The number of phenolic OH excluding ortho intramolecular Hbond substituents is 1. The second kappa shape index (κ2) is 15.5. The third kappa shape index (κ3) is 7.57. The van der Waals surface area contributed by atoms with Crippen LogP contribution < -0.4 is 25.3 Å². The first-order valence-corrected chi connectivity index (χ1v) is 20.5. The molecule has 4 aromatic carbocycles. The van der Waals surface area contributed by atoms with E-state index in [0.717, 1.165) is 90.4 Å². The molecular formula is C43H44BN5O7S. The molecule has 14 heteroatoms. The minimum Gasteiger partial charge on any atom is -0.508 e. The van der Waals surface area contributed by atoms with Crippen LogP contribution in [0.4, 0.5) is 11.4 Å². The summed E-state index contributed by atoms with van der Waals surface area (Å²) in [5.74, 6) is 1.43. The van der Waals surface area contributed by atoms with Crippen LogP contribution in [0.1, 0.15) is 41.6 Å². The minimum absolute atomic E-state index is 0.139. The Kier molecular flexibility index (Phi) is 10.1. The molecule has 5 heterocycles. The average molecular weight is 786 g/mol. The number of ether oxygens (including phenoxy) is 1. The first-order chi connectivity index (χ1) is 27.7. The lowest BCUT2D eigenvalue weighted by atomic mass is 9.80. The monoisotopic (exact) mass is 785 g/mol. The molecule has 12 nitrogen and oxygen atoms in total. The number of amides is 3. The SMILES string of the molecule is O=C1CCC(N2Cc3cc(N4CCN(CC5CCN(c6ccc(Oc7c(-c8ccc(B(O)O)cc8)sc8cc(O)ccc78)cc6)CC5)CC4)ccc3C2=O)C(=O)N1. The van der Waals surface area contributed by atoms with Crippen molar-refractivity contribution in [3.63, 3.8) is 0 Å². The number of imide groups is 1. The number of hydrogen-bond donors (Lipinski definition) is 4. The Bertz CT molecular complexity index is 2320. The number of anilines is 2. The molecule has 0 spiro atoms. The zero-order valence-electron chi connectivity index (χ0n) is 31.5. The fraction of sp³-hybridized carbons (Fsp3) is 0.326. The Labute approximate surface area is 335 Å². The fourth-order valence-corrected chi connectivity index (χ4v) is 9.86. The summed E-state index contributed by atoms with van der Waals surface area (Å²) in [6.07, 6.45) is 2.87. The maximum absolute atomic E-state index is 13.1. The zero-order valence-corrected chi connectivity index (χ0v) is 32.3. The molecule has 4 N–H and O–H groups in total. The van der Waals surface area contributed by atoms with Gasteiger partial charge >= 0.3 is 7.12 Å².